The highest BCUT2D eigenvalue weighted by molar-refractivity contribution is 7.80. The van der Waals surface area contributed by atoms with E-state index in [2.05, 4.69) is 26.8 Å². The van der Waals surface area contributed by atoms with Gasteiger partial charge in [-0.05, 0) is 18.6 Å². The minimum absolute atomic E-state index is 0.186. The Balaban J connectivity index is 4.65. The fourth-order valence-electron chi connectivity index (χ4n) is 2.58. The van der Waals surface area contributed by atoms with Gasteiger partial charge in [-0.2, -0.15) is 65.3 Å². The van der Waals surface area contributed by atoms with Gasteiger partial charge in [0.1, 0.15) is 13.2 Å². The monoisotopic (exact) mass is 596 g/mol. The highest BCUT2D eigenvalue weighted by Gasteiger charge is 2.74. The fourth-order valence-corrected chi connectivity index (χ4v) is 2.80. The quantitative estimate of drug-likeness (QED) is 0.0798. The maximum Gasteiger partial charge on any atom is 0.453 e. The zero-order chi connectivity index (χ0) is 29.0. The molecule has 0 aliphatic carbocycles. The molecule has 1 N–H and O–H groups in total. The van der Waals surface area contributed by atoms with Crippen molar-refractivity contribution < 1.29 is 76.7 Å². The van der Waals surface area contributed by atoms with E-state index in [1.54, 1.807) is 0 Å². The first kappa shape index (κ1) is 36.3. The number of thiol groups is 1. The summed E-state index contributed by atoms with van der Waals surface area (Å²) in [7, 11) is 0. The molecule has 0 heterocycles. The Morgan fingerprint density at radius 2 is 0.838 bits per heavy atom. The van der Waals surface area contributed by atoms with E-state index in [9.17, 15) is 52.7 Å². The van der Waals surface area contributed by atoms with Gasteiger partial charge in [-0.15, -0.1) is 0 Å². The van der Waals surface area contributed by atoms with E-state index in [1.165, 1.54) is 0 Å². The highest BCUT2D eigenvalue weighted by Crippen LogP contribution is 2.48. The average molecular weight is 596 g/mol. The minimum Gasteiger partial charge on any atom is -0.387 e. The molecule has 0 spiro atoms. The number of aliphatic hydroxyl groups is 1. The summed E-state index contributed by atoms with van der Waals surface area (Å²) in [5, 5.41) is 8.02. The lowest BCUT2D eigenvalue weighted by molar-refractivity contribution is -0.558. The molecule has 0 aromatic rings. The van der Waals surface area contributed by atoms with Crippen molar-refractivity contribution >= 4 is 12.6 Å². The molecule has 0 aromatic heterocycles. The highest BCUT2D eigenvalue weighted by atomic mass is 32.1. The van der Waals surface area contributed by atoms with Crippen molar-refractivity contribution in [1.82, 2.24) is 0 Å². The number of alkyl halides is 12. The molecule has 0 aliphatic heterocycles. The molecule has 0 fully saturated rings. The van der Waals surface area contributed by atoms with E-state index in [-0.39, 0.29) is 6.42 Å². The number of hydrogen-bond acceptors (Lipinski definition) is 6. The van der Waals surface area contributed by atoms with Crippen LogP contribution in [0.15, 0.2) is 0 Å². The van der Waals surface area contributed by atoms with E-state index in [0.717, 1.165) is 44.3 Å². The van der Waals surface area contributed by atoms with Crippen molar-refractivity contribution in [2.45, 2.75) is 94.4 Å². The first-order valence-corrected chi connectivity index (χ1v) is 11.5. The smallest absolute Gasteiger partial charge is 0.387 e. The second kappa shape index (κ2) is 15.2. The van der Waals surface area contributed by atoms with Gasteiger partial charge in [0.05, 0.1) is 0 Å². The van der Waals surface area contributed by atoms with E-state index in [1.807, 2.05) is 4.74 Å². The lowest BCUT2D eigenvalue weighted by Gasteiger charge is -2.34. The van der Waals surface area contributed by atoms with Crippen LogP contribution in [0.4, 0.5) is 52.7 Å². The van der Waals surface area contributed by atoms with Crippen molar-refractivity contribution in [2.24, 2.45) is 0 Å². The third kappa shape index (κ3) is 13.8. The van der Waals surface area contributed by atoms with Crippen molar-refractivity contribution in [3.63, 3.8) is 0 Å². The normalized spacial score (nSPS) is 14.4. The molecule has 0 saturated carbocycles. The number of hydrogen-bond donors (Lipinski definition) is 2. The van der Waals surface area contributed by atoms with Crippen LogP contribution >= 0.6 is 12.6 Å². The summed E-state index contributed by atoms with van der Waals surface area (Å²) >= 11 is 4.08. The van der Waals surface area contributed by atoms with Crippen LogP contribution in [-0.4, -0.2) is 67.3 Å². The summed E-state index contributed by atoms with van der Waals surface area (Å²) in [6, 6.07) is 0. The Hall–Kier alpha value is -0.690. The summed E-state index contributed by atoms with van der Waals surface area (Å²) in [4.78, 5) is 0. The standard InChI is InChI=1S/C19H28F12O5S/c20-14(21,12-32)34-16(24,25)18(28,29)36-19(30,31)17(26,27)35-15(22,23)13-33-10-8-6-4-2-1-3-5-7-9-11-37/h32,37H,1-13H2. The van der Waals surface area contributed by atoms with Crippen LogP contribution in [0.25, 0.3) is 0 Å². The zero-order valence-corrected chi connectivity index (χ0v) is 20.1. The van der Waals surface area contributed by atoms with Gasteiger partial charge in [-0.1, -0.05) is 44.9 Å². The number of ether oxygens (including phenoxy) is 4. The first-order chi connectivity index (χ1) is 16.7. The van der Waals surface area contributed by atoms with Gasteiger partial charge in [0.25, 0.3) is 0 Å². The van der Waals surface area contributed by atoms with Crippen LogP contribution in [0.2, 0.25) is 0 Å². The largest absolute Gasteiger partial charge is 0.453 e. The van der Waals surface area contributed by atoms with Gasteiger partial charge < -0.3 is 9.84 Å². The summed E-state index contributed by atoms with van der Waals surface area (Å²) < 4.78 is 169. The average Bonchev–Trinajstić information content (AvgIpc) is 2.72. The van der Waals surface area contributed by atoms with Gasteiger partial charge in [0, 0.05) is 6.61 Å². The molecule has 0 aliphatic rings. The summed E-state index contributed by atoms with van der Waals surface area (Å²) in [6.07, 6.45) is -30.6. The molecule has 5 nitrogen and oxygen atoms in total. The molecule has 37 heavy (non-hydrogen) atoms. The van der Waals surface area contributed by atoms with Crippen molar-refractivity contribution in [3.8, 4) is 0 Å². The molecular formula is C19H28F12O5S. The molecule has 0 unspecified atom stereocenters. The first-order valence-electron chi connectivity index (χ1n) is 10.9. The van der Waals surface area contributed by atoms with Crippen molar-refractivity contribution in [1.29, 1.82) is 0 Å². The van der Waals surface area contributed by atoms with Gasteiger partial charge in [0.15, 0.2) is 0 Å². The number of aliphatic hydroxyl groups excluding tert-OH is 1. The van der Waals surface area contributed by atoms with Crippen molar-refractivity contribution in [2.75, 3.05) is 25.6 Å². The maximum atomic E-state index is 13.5. The zero-order valence-electron chi connectivity index (χ0n) is 19.3. The molecule has 0 amide bonds. The van der Waals surface area contributed by atoms with Gasteiger partial charge in [0.2, 0.25) is 0 Å². The summed E-state index contributed by atoms with van der Waals surface area (Å²) in [5.74, 6) is 0.804. The Bertz CT molecular complexity index is 641. The van der Waals surface area contributed by atoms with Gasteiger partial charge in [-0.25, -0.2) is 14.2 Å². The molecule has 0 rings (SSSR count). The number of rotatable bonds is 22. The van der Waals surface area contributed by atoms with E-state index in [0.29, 0.717) is 12.8 Å². The van der Waals surface area contributed by atoms with Crippen LogP contribution in [-0.2, 0) is 18.9 Å². The van der Waals surface area contributed by atoms with E-state index < -0.39 is 56.5 Å². The van der Waals surface area contributed by atoms with Gasteiger partial charge in [-0.3, -0.25) is 0 Å². The minimum atomic E-state index is -6.93. The van der Waals surface area contributed by atoms with E-state index in [4.69, 9.17) is 5.11 Å². The predicted molar refractivity (Wildman–Crippen MR) is 106 cm³/mol. The van der Waals surface area contributed by atoms with Gasteiger partial charge >= 0.3 is 36.7 Å². The second-order valence-electron chi connectivity index (χ2n) is 7.76. The Kier molecular flexibility index (Phi) is 14.9. The number of halogens is 12. The molecule has 0 atom stereocenters. The third-order valence-corrected chi connectivity index (χ3v) is 4.71. The third-order valence-electron chi connectivity index (χ3n) is 4.39. The second-order valence-corrected chi connectivity index (χ2v) is 8.21. The van der Waals surface area contributed by atoms with Crippen LogP contribution < -0.4 is 0 Å². The van der Waals surface area contributed by atoms with Crippen LogP contribution in [0.5, 0.6) is 0 Å². The topological polar surface area (TPSA) is 57.2 Å². The van der Waals surface area contributed by atoms with Crippen molar-refractivity contribution in [3.05, 3.63) is 0 Å². The Labute approximate surface area is 210 Å². The van der Waals surface area contributed by atoms with Crippen LogP contribution in [0.3, 0.4) is 0 Å². The molecule has 0 radical (unpaired) electrons. The summed E-state index contributed by atoms with van der Waals surface area (Å²) in [5.41, 5.74) is 0. The fraction of sp³-hybridized carbons (Fsp3) is 1.00. The predicted octanol–water partition coefficient (Wildman–Crippen LogP) is 7.04. The van der Waals surface area contributed by atoms with Crippen LogP contribution in [0, 0.1) is 0 Å². The molecular weight excluding hydrogens is 568 g/mol. The molecule has 224 valence electrons. The Morgan fingerprint density at radius 1 is 0.486 bits per heavy atom. The molecule has 0 saturated heterocycles. The lowest BCUT2D eigenvalue weighted by Crippen LogP contribution is -2.58. The molecule has 0 aromatic carbocycles. The summed E-state index contributed by atoms with van der Waals surface area (Å²) in [6.45, 7) is -5.11. The lowest BCUT2D eigenvalue weighted by atomic mass is 10.1. The molecule has 0 bridgehead atoms. The Morgan fingerprint density at radius 3 is 1.24 bits per heavy atom. The van der Waals surface area contributed by atoms with Crippen LogP contribution in [0.1, 0.15) is 57.8 Å². The maximum absolute atomic E-state index is 13.5. The SMILES string of the molecule is OCC(F)(F)OC(F)(F)C(F)(F)OC(F)(F)C(F)(F)OC(F)(F)COCCCCCCCCCCCS. The molecule has 18 heteroatoms. The van der Waals surface area contributed by atoms with E-state index >= 15 is 0 Å². The number of unbranched alkanes of at least 4 members (excludes halogenated alkanes) is 8.